The summed E-state index contributed by atoms with van der Waals surface area (Å²) in [5.74, 6) is -0.584. The second kappa shape index (κ2) is 7.32. The van der Waals surface area contributed by atoms with Gasteiger partial charge >= 0.3 is 0 Å². The van der Waals surface area contributed by atoms with Crippen molar-refractivity contribution in [1.82, 2.24) is 19.5 Å². The summed E-state index contributed by atoms with van der Waals surface area (Å²) in [5, 5.41) is 4.45. The number of pyridine rings is 2. The zero-order chi connectivity index (χ0) is 20.8. The summed E-state index contributed by atoms with van der Waals surface area (Å²) in [6.07, 6.45) is 3.93. The van der Waals surface area contributed by atoms with Crippen LogP contribution in [0.4, 0.5) is 4.39 Å². The highest BCUT2D eigenvalue weighted by Gasteiger charge is 2.31. The molecule has 7 heteroatoms. The molecule has 30 heavy (non-hydrogen) atoms. The van der Waals surface area contributed by atoms with Gasteiger partial charge in [-0.15, -0.1) is 0 Å². The van der Waals surface area contributed by atoms with E-state index in [1.165, 1.54) is 6.20 Å². The van der Waals surface area contributed by atoms with E-state index in [4.69, 9.17) is 0 Å². The first-order valence-corrected chi connectivity index (χ1v) is 10.5. The van der Waals surface area contributed by atoms with E-state index in [9.17, 15) is 9.18 Å². The van der Waals surface area contributed by atoms with Gasteiger partial charge in [0.05, 0.1) is 11.6 Å². The molecule has 1 unspecified atom stereocenters. The molecule has 0 saturated heterocycles. The molecule has 3 aromatic heterocycles. The average molecular weight is 465 g/mol. The Kier molecular flexibility index (Phi) is 4.62. The van der Waals surface area contributed by atoms with Gasteiger partial charge in [0.15, 0.2) is 5.69 Å². The maximum atomic E-state index is 14.3. The second-order valence-electron chi connectivity index (χ2n) is 7.39. The highest BCUT2D eigenvalue weighted by molar-refractivity contribution is 9.10. The topological polar surface area (TPSA) is 50.5 Å². The van der Waals surface area contributed by atoms with E-state index >= 15 is 0 Å². The molecule has 0 aliphatic carbocycles. The summed E-state index contributed by atoms with van der Waals surface area (Å²) < 4.78 is 16.9. The minimum absolute atomic E-state index is 0.106. The molecule has 150 valence electrons. The summed E-state index contributed by atoms with van der Waals surface area (Å²) in [5.41, 5.74) is 4.71. The predicted molar refractivity (Wildman–Crippen MR) is 116 cm³/mol. The molecule has 5 nitrogen and oxygen atoms in total. The Balaban J connectivity index is 1.50. The lowest BCUT2D eigenvalue weighted by Crippen LogP contribution is -2.39. The van der Waals surface area contributed by atoms with Gasteiger partial charge in [0.1, 0.15) is 0 Å². The molecule has 1 amide bonds. The van der Waals surface area contributed by atoms with Gasteiger partial charge in [-0.25, -0.2) is 9.50 Å². The number of hydrogen-bond donors (Lipinski definition) is 0. The van der Waals surface area contributed by atoms with E-state index in [0.717, 1.165) is 26.7 Å². The molecular weight excluding hydrogens is 447 g/mol. The van der Waals surface area contributed by atoms with Crippen molar-refractivity contribution in [2.24, 2.45) is 0 Å². The van der Waals surface area contributed by atoms with Crippen molar-refractivity contribution in [3.63, 3.8) is 0 Å². The Bertz CT molecular complexity index is 1290. The van der Waals surface area contributed by atoms with Crippen molar-refractivity contribution in [2.75, 3.05) is 6.54 Å². The lowest BCUT2D eigenvalue weighted by molar-refractivity contribution is 0.0671. The first-order valence-electron chi connectivity index (χ1n) is 9.71. The van der Waals surface area contributed by atoms with Crippen molar-refractivity contribution in [3.8, 4) is 11.1 Å². The Hall–Kier alpha value is -3.06. The van der Waals surface area contributed by atoms with Crippen molar-refractivity contribution < 1.29 is 9.18 Å². The van der Waals surface area contributed by atoms with Crippen LogP contribution >= 0.6 is 15.9 Å². The monoisotopic (exact) mass is 464 g/mol. The van der Waals surface area contributed by atoms with Crippen LogP contribution in [0.1, 0.15) is 34.6 Å². The maximum absolute atomic E-state index is 14.3. The van der Waals surface area contributed by atoms with Gasteiger partial charge in [-0.3, -0.25) is 4.79 Å². The SMILES string of the molecule is CC1c2cccc(-c3cccnc3F)c2CCN1C(=O)c1cc2ccc(Br)cn2n1. The minimum Gasteiger partial charge on any atom is -0.330 e. The third kappa shape index (κ3) is 3.10. The van der Waals surface area contributed by atoms with E-state index in [1.54, 1.807) is 22.7 Å². The van der Waals surface area contributed by atoms with E-state index in [2.05, 4.69) is 26.0 Å². The Morgan fingerprint density at radius 3 is 2.83 bits per heavy atom. The molecule has 0 N–H and O–H groups in total. The van der Waals surface area contributed by atoms with Crippen LogP contribution in [0.2, 0.25) is 0 Å². The molecule has 1 atom stereocenters. The van der Waals surface area contributed by atoms with Gasteiger partial charge in [0, 0.05) is 29.0 Å². The first-order chi connectivity index (χ1) is 14.5. The summed E-state index contributed by atoms with van der Waals surface area (Å²) >= 11 is 3.43. The van der Waals surface area contributed by atoms with Crippen molar-refractivity contribution in [3.05, 3.63) is 88.2 Å². The second-order valence-corrected chi connectivity index (χ2v) is 8.30. The fourth-order valence-electron chi connectivity index (χ4n) is 4.20. The number of benzene rings is 1. The quantitative estimate of drug-likeness (QED) is 0.389. The van der Waals surface area contributed by atoms with Gasteiger partial charge in [-0.1, -0.05) is 18.2 Å². The summed E-state index contributed by atoms with van der Waals surface area (Å²) in [7, 11) is 0. The average Bonchev–Trinajstić information content (AvgIpc) is 3.17. The molecular formula is C23H18BrFN4O. The molecule has 0 bridgehead atoms. The number of nitrogens with zero attached hydrogens (tertiary/aromatic N) is 4. The maximum Gasteiger partial charge on any atom is 0.274 e. The van der Waals surface area contributed by atoms with Gasteiger partial charge in [-0.2, -0.15) is 9.49 Å². The van der Waals surface area contributed by atoms with Gasteiger partial charge < -0.3 is 4.90 Å². The van der Waals surface area contributed by atoms with E-state index in [-0.39, 0.29) is 11.9 Å². The molecule has 0 fully saturated rings. The fourth-order valence-corrected chi connectivity index (χ4v) is 4.52. The molecule has 4 aromatic rings. The lowest BCUT2D eigenvalue weighted by atomic mass is 9.87. The van der Waals surface area contributed by atoms with Gasteiger partial charge in [0.2, 0.25) is 5.95 Å². The molecule has 1 aromatic carbocycles. The molecule has 4 heterocycles. The standard InChI is InChI=1S/C23H18BrFN4O/c1-14-17-4-2-5-18(20-6-3-10-26-22(20)25)19(17)9-11-28(14)23(30)21-12-16-8-7-15(24)13-29(16)27-21/h2-8,10,12-14H,9,11H2,1H3. The number of aromatic nitrogens is 3. The Labute approximate surface area is 181 Å². The van der Waals surface area contributed by atoms with Crippen LogP contribution in [0.3, 0.4) is 0 Å². The van der Waals surface area contributed by atoms with Crippen LogP contribution in [0, 0.1) is 5.95 Å². The zero-order valence-corrected chi connectivity index (χ0v) is 17.8. The number of fused-ring (bicyclic) bond motifs is 2. The van der Waals surface area contributed by atoms with Crippen LogP contribution in [-0.2, 0) is 6.42 Å². The number of halogens is 2. The Morgan fingerprint density at radius 2 is 2.00 bits per heavy atom. The molecule has 5 rings (SSSR count). The molecule has 0 radical (unpaired) electrons. The molecule has 1 aliphatic heterocycles. The normalized spacial score (nSPS) is 16.0. The third-order valence-corrected chi connectivity index (χ3v) is 6.15. The van der Waals surface area contributed by atoms with Gasteiger partial charge in [0.25, 0.3) is 5.91 Å². The first kappa shape index (κ1) is 18.9. The van der Waals surface area contributed by atoms with Crippen molar-refractivity contribution in [2.45, 2.75) is 19.4 Å². The summed E-state index contributed by atoms with van der Waals surface area (Å²) in [6, 6.07) is 14.8. The zero-order valence-electron chi connectivity index (χ0n) is 16.2. The van der Waals surface area contributed by atoms with E-state index < -0.39 is 5.95 Å². The van der Waals surface area contributed by atoms with E-state index in [1.807, 2.05) is 48.4 Å². The Morgan fingerprint density at radius 1 is 1.17 bits per heavy atom. The smallest absolute Gasteiger partial charge is 0.274 e. The highest BCUT2D eigenvalue weighted by Crippen LogP contribution is 2.37. The fraction of sp³-hybridized carbons (Fsp3) is 0.174. The molecule has 0 spiro atoms. The van der Waals surface area contributed by atoms with Crippen LogP contribution < -0.4 is 0 Å². The van der Waals surface area contributed by atoms with Crippen LogP contribution in [0.15, 0.2) is 65.4 Å². The van der Waals surface area contributed by atoms with Crippen molar-refractivity contribution in [1.29, 1.82) is 0 Å². The summed E-state index contributed by atoms with van der Waals surface area (Å²) in [4.78, 5) is 18.9. The molecule has 0 saturated carbocycles. The summed E-state index contributed by atoms with van der Waals surface area (Å²) in [6.45, 7) is 2.55. The molecule has 1 aliphatic rings. The third-order valence-electron chi connectivity index (χ3n) is 5.69. The van der Waals surface area contributed by atoms with Crippen LogP contribution in [0.25, 0.3) is 16.6 Å². The number of amides is 1. The number of rotatable bonds is 2. The number of carbonyl (C=O) groups excluding carboxylic acids is 1. The van der Waals surface area contributed by atoms with Gasteiger partial charge in [-0.05, 0) is 76.3 Å². The van der Waals surface area contributed by atoms with Crippen LogP contribution in [-0.4, -0.2) is 31.9 Å². The highest BCUT2D eigenvalue weighted by atomic mass is 79.9. The largest absolute Gasteiger partial charge is 0.330 e. The number of hydrogen-bond acceptors (Lipinski definition) is 3. The van der Waals surface area contributed by atoms with Crippen LogP contribution in [0.5, 0.6) is 0 Å². The lowest BCUT2D eigenvalue weighted by Gasteiger charge is -2.36. The minimum atomic E-state index is -0.479. The van der Waals surface area contributed by atoms with E-state index in [0.29, 0.717) is 24.2 Å². The van der Waals surface area contributed by atoms with Crippen molar-refractivity contribution >= 4 is 27.4 Å². The predicted octanol–water partition coefficient (Wildman–Crippen LogP) is 5.06. The number of carbonyl (C=O) groups is 1.